The molecule has 0 fully saturated rings. The summed E-state index contributed by atoms with van der Waals surface area (Å²) < 4.78 is 40.2. The Bertz CT molecular complexity index is 460. The molecule has 0 amide bonds. The number of aliphatic carboxylic acids is 1. The summed E-state index contributed by atoms with van der Waals surface area (Å²) in [6.45, 7) is 1.20. The number of aromatic nitrogens is 1. The predicted molar refractivity (Wildman–Crippen MR) is 54.9 cm³/mol. The maximum Gasteiger partial charge on any atom is 0.574 e. The van der Waals surface area contributed by atoms with E-state index in [0.717, 1.165) is 0 Å². The van der Waals surface area contributed by atoms with Crippen molar-refractivity contribution in [2.24, 2.45) is 5.73 Å². The van der Waals surface area contributed by atoms with Crippen LogP contribution in [-0.2, 0) is 17.8 Å². The number of alkyl halides is 3. The van der Waals surface area contributed by atoms with Gasteiger partial charge in [0.05, 0.1) is 12.1 Å². The maximum atomic E-state index is 12.1. The molecule has 8 heteroatoms. The highest BCUT2D eigenvalue weighted by molar-refractivity contribution is 5.71. The molecule has 1 aromatic heterocycles. The SMILES string of the molecule is Cc1c(CC(=O)O)cc(CN)nc1OC(F)(F)F. The molecular formula is C10H11F3N2O3. The maximum absolute atomic E-state index is 12.1. The molecule has 5 nitrogen and oxygen atoms in total. The molecule has 0 aliphatic heterocycles. The normalized spacial score (nSPS) is 11.4. The van der Waals surface area contributed by atoms with Gasteiger partial charge in [-0.25, -0.2) is 4.98 Å². The van der Waals surface area contributed by atoms with Gasteiger partial charge in [-0.05, 0) is 18.6 Å². The summed E-state index contributed by atoms with van der Waals surface area (Å²) >= 11 is 0. The number of hydrogen-bond acceptors (Lipinski definition) is 4. The first-order valence-electron chi connectivity index (χ1n) is 4.90. The van der Waals surface area contributed by atoms with Gasteiger partial charge in [-0.1, -0.05) is 0 Å². The molecule has 0 aromatic carbocycles. The molecule has 100 valence electrons. The van der Waals surface area contributed by atoms with Crippen molar-refractivity contribution in [2.45, 2.75) is 26.3 Å². The van der Waals surface area contributed by atoms with E-state index in [2.05, 4.69) is 9.72 Å². The second-order valence-electron chi connectivity index (χ2n) is 3.53. The van der Waals surface area contributed by atoms with E-state index < -0.39 is 24.6 Å². The van der Waals surface area contributed by atoms with Crippen LogP contribution in [0.15, 0.2) is 6.07 Å². The van der Waals surface area contributed by atoms with Gasteiger partial charge < -0.3 is 15.6 Å². The topological polar surface area (TPSA) is 85.4 Å². The van der Waals surface area contributed by atoms with Crippen molar-refractivity contribution in [1.82, 2.24) is 4.98 Å². The zero-order valence-corrected chi connectivity index (χ0v) is 9.41. The fourth-order valence-corrected chi connectivity index (χ4v) is 1.35. The zero-order chi connectivity index (χ0) is 13.9. The Hall–Kier alpha value is -1.83. The summed E-state index contributed by atoms with van der Waals surface area (Å²) in [6.07, 6.45) is -5.30. The van der Waals surface area contributed by atoms with E-state index in [4.69, 9.17) is 10.8 Å². The smallest absolute Gasteiger partial charge is 0.481 e. The van der Waals surface area contributed by atoms with Crippen molar-refractivity contribution in [2.75, 3.05) is 0 Å². The van der Waals surface area contributed by atoms with Crippen molar-refractivity contribution >= 4 is 5.97 Å². The largest absolute Gasteiger partial charge is 0.574 e. The predicted octanol–water partition coefficient (Wildman–Crippen LogP) is 1.37. The summed E-state index contributed by atoms with van der Waals surface area (Å²) in [4.78, 5) is 14.2. The number of nitrogens with two attached hydrogens (primary N) is 1. The lowest BCUT2D eigenvalue weighted by Crippen LogP contribution is -2.20. The van der Waals surface area contributed by atoms with Crippen LogP contribution >= 0.6 is 0 Å². The molecule has 0 spiro atoms. The van der Waals surface area contributed by atoms with Gasteiger partial charge in [0.15, 0.2) is 0 Å². The van der Waals surface area contributed by atoms with Gasteiger partial charge in [-0.2, -0.15) is 0 Å². The number of nitrogens with zero attached hydrogens (tertiary/aromatic N) is 1. The molecule has 1 heterocycles. The number of halogens is 3. The van der Waals surface area contributed by atoms with Gasteiger partial charge in [0.2, 0.25) is 5.88 Å². The van der Waals surface area contributed by atoms with Crippen LogP contribution in [-0.4, -0.2) is 22.4 Å². The standard InChI is InChI=1S/C10H11F3N2O3/c1-5-6(3-8(16)17)2-7(4-14)15-9(5)18-10(11,12)13/h2H,3-4,14H2,1H3,(H,16,17). The molecule has 0 saturated carbocycles. The van der Waals surface area contributed by atoms with E-state index in [1.54, 1.807) is 0 Å². The van der Waals surface area contributed by atoms with E-state index in [9.17, 15) is 18.0 Å². The molecule has 18 heavy (non-hydrogen) atoms. The number of carbonyl (C=O) groups is 1. The van der Waals surface area contributed by atoms with Gasteiger partial charge in [0.1, 0.15) is 0 Å². The van der Waals surface area contributed by atoms with E-state index in [1.165, 1.54) is 13.0 Å². The molecule has 0 aliphatic carbocycles. The Morgan fingerprint density at radius 3 is 2.61 bits per heavy atom. The summed E-state index contributed by atoms with van der Waals surface area (Å²) in [5.41, 5.74) is 5.65. The second kappa shape index (κ2) is 5.21. The molecule has 0 aliphatic rings. The number of pyridine rings is 1. The van der Waals surface area contributed by atoms with Crippen LogP contribution in [0.2, 0.25) is 0 Å². The van der Waals surface area contributed by atoms with Crippen molar-refractivity contribution in [3.8, 4) is 5.88 Å². The lowest BCUT2D eigenvalue weighted by atomic mass is 10.1. The molecule has 0 unspecified atom stereocenters. The molecule has 0 bridgehead atoms. The van der Waals surface area contributed by atoms with Gasteiger partial charge in [0.25, 0.3) is 0 Å². The van der Waals surface area contributed by atoms with Gasteiger partial charge >= 0.3 is 12.3 Å². The minimum atomic E-state index is -4.88. The van der Waals surface area contributed by atoms with E-state index >= 15 is 0 Å². The number of carboxylic acid groups (broad SMARTS) is 1. The van der Waals surface area contributed by atoms with Crippen LogP contribution in [0.3, 0.4) is 0 Å². The Morgan fingerprint density at radius 1 is 1.56 bits per heavy atom. The lowest BCUT2D eigenvalue weighted by molar-refractivity contribution is -0.276. The van der Waals surface area contributed by atoms with Gasteiger partial charge in [0, 0.05) is 12.1 Å². The third-order valence-electron chi connectivity index (χ3n) is 2.15. The van der Waals surface area contributed by atoms with Crippen molar-refractivity contribution in [3.63, 3.8) is 0 Å². The van der Waals surface area contributed by atoms with Crippen LogP contribution in [0, 0.1) is 6.92 Å². The zero-order valence-electron chi connectivity index (χ0n) is 9.41. The third kappa shape index (κ3) is 3.88. The average Bonchev–Trinajstić information content (AvgIpc) is 2.21. The minimum Gasteiger partial charge on any atom is -0.481 e. The summed E-state index contributed by atoms with van der Waals surface area (Å²) in [7, 11) is 0. The molecule has 0 radical (unpaired) electrons. The molecule has 1 rings (SSSR count). The van der Waals surface area contributed by atoms with E-state index in [0.29, 0.717) is 0 Å². The Labute approximate surface area is 100 Å². The summed E-state index contributed by atoms with van der Waals surface area (Å²) in [5.74, 6) is -1.83. The first kappa shape index (κ1) is 14.2. The van der Waals surface area contributed by atoms with Gasteiger partial charge in [-0.15, -0.1) is 13.2 Å². The molecule has 3 N–H and O–H groups in total. The van der Waals surface area contributed by atoms with E-state index in [-0.39, 0.29) is 23.4 Å². The highest BCUT2D eigenvalue weighted by Gasteiger charge is 2.33. The first-order chi connectivity index (χ1) is 8.23. The Morgan fingerprint density at radius 2 is 2.17 bits per heavy atom. The third-order valence-corrected chi connectivity index (χ3v) is 2.15. The van der Waals surface area contributed by atoms with E-state index in [1.807, 2.05) is 0 Å². The molecular weight excluding hydrogens is 253 g/mol. The fourth-order valence-electron chi connectivity index (χ4n) is 1.35. The number of rotatable bonds is 4. The molecule has 0 atom stereocenters. The van der Waals surface area contributed by atoms with Crippen LogP contribution in [0.4, 0.5) is 13.2 Å². The minimum absolute atomic E-state index is 0.0342. The first-order valence-corrected chi connectivity index (χ1v) is 4.90. The van der Waals surface area contributed by atoms with Crippen LogP contribution in [0.5, 0.6) is 5.88 Å². The van der Waals surface area contributed by atoms with Crippen molar-refractivity contribution in [3.05, 3.63) is 22.9 Å². The Balaban J connectivity index is 3.20. The van der Waals surface area contributed by atoms with Crippen LogP contribution in [0.25, 0.3) is 0 Å². The van der Waals surface area contributed by atoms with Crippen molar-refractivity contribution < 1.29 is 27.8 Å². The number of ether oxygens (including phenoxy) is 1. The quantitative estimate of drug-likeness (QED) is 0.857. The molecule has 0 saturated heterocycles. The highest BCUT2D eigenvalue weighted by Crippen LogP contribution is 2.27. The number of hydrogen-bond donors (Lipinski definition) is 2. The summed E-state index contributed by atoms with van der Waals surface area (Å²) in [5, 5.41) is 8.66. The number of carboxylic acids is 1. The fraction of sp³-hybridized carbons (Fsp3) is 0.400. The van der Waals surface area contributed by atoms with Crippen LogP contribution < -0.4 is 10.5 Å². The van der Waals surface area contributed by atoms with Crippen molar-refractivity contribution in [1.29, 1.82) is 0 Å². The highest BCUT2D eigenvalue weighted by atomic mass is 19.4. The molecule has 1 aromatic rings. The van der Waals surface area contributed by atoms with Gasteiger partial charge in [-0.3, -0.25) is 4.79 Å². The lowest BCUT2D eigenvalue weighted by Gasteiger charge is -2.14. The average molecular weight is 264 g/mol. The monoisotopic (exact) mass is 264 g/mol. The summed E-state index contributed by atoms with van der Waals surface area (Å²) in [6, 6.07) is 1.35. The van der Waals surface area contributed by atoms with Crippen LogP contribution in [0.1, 0.15) is 16.8 Å². The Kier molecular flexibility index (Phi) is 4.12. The second-order valence-corrected chi connectivity index (χ2v) is 3.53.